The van der Waals surface area contributed by atoms with Gasteiger partial charge in [0.15, 0.2) is 10.3 Å². The maximum absolute atomic E-state index is 11.8. The second-order valence-corrected chi connectivity index (χ2v) is 6.94. The van der Waals surface area contributed by atoms with Crippen LogP contribution in [0.5, 0.6) is 0 Å². The molecule has 2 aromatic heterocycles. The van der Waals surface area contributed by atoms with Crippen LogP contribution in [0.4, 0.5) is 10.3 Å². The number of aromatic nitrogens is 2. The number of rotatable bonds is 3. The summed E-state index contributed by atoms with van der Waals surface area (Å²) >= 11 is 2.77. The number of nitrogens with two attached hydrogens (primary N) is 1. The van der Waals surface area contributed by atoms with E-state index >= 15 is 0 Å². The zero-order chi connectivity index (χ0) is 14.0. The SMILES string of the molecule is CC(C)(C)c1csc(NC(=O)Cc2csc(N)n2)n1. The predicted molar refractivity (Wildman–Crippen MR) is 79.7 cm³/mol. The van der Waals surface area contributed by atoms with Gasteiger partial charge in [0.1, 0.15) is 0 Å². The van der Waals surface area contributed by atoms with Gasteiger partial charge in [-0.15, -0.1) is 22.7 Å². The third-order valence-electron chi connectivity index (χ3n) is 2.43. The van der Waals surface area contributed by atoms with E-state index in [1.165, 1.54) is 22.7 Å². The van der Waals surface area contributed by atoms with E-state index in [9.17, 15) is 4.79 Å². The van der Waals surface area contributed by atoms with Crippen LogP contribution in [0.2, 0.25) is 0 Å². The Morgan fingerprint density at radius 3 is 2.58 bits per heavy atom. The molecular formula is C12H16N4OS2. The predicted octanol–water partition coefficient (Wildman–Crippen LogP) is 2.66. The number of nitrogen functional groups attached to an aromatic ring is 1. The van der Waals surface area contributed by atoms with Crippen molar-refractivity contribution in [1.29, 1.82) is 0 Å². The molecule has 0 aliphatic heterocycles. The second-order valence-electron chi connectivity index (χ2n) is 5.19. The summed E-state index contributed by atoms with van der Waals surface area (Å²) in [6.07, 6.45) is 0.220. The minimum absolute atomic E-state index is 0.0111. The van der Waals surface area contributed by atoms with Gasteiger partial charge < -0.3 is 11.1 Å². The lowest BCUT2D eigenvalue weighted by molar-refractivity contribution is -0.115. The summed E-state index contributed by atoms with van der Waals surface area (Å²) in [5.41, 5.74) is 7.18. The molecule has 0 aliphatic rings. The largest absolute Gasteiger partial charge is 0.375 e. The Bertz CT molecular complexity index is 583. The minimum Gasteiger partial charge on any atom is -0.375 e. The Kier molecular flexibility index (Phi) is 3.86. The lowest BCUT2D eigenvalue weighted by atomic mass is 9.93. The van der Waals surface area contributed by atoms with Crippen molar-refractivity contribution in [2.45, 2.75) is 32.6 Å². The molecule has 0 aliphatic carbocycles. The van der Waals surface area contributed by atoms with E-state index in [1.807, 2.05) is 5.38 Å². The number of carbonyl (C=O) groups is 1. The molecule has 0 aromatic carbocycles. The third kappa shape index (κ3) is 3.74. The quantitative estimate of drug-likeness (QED) is 0.912. The molecule has 2 aromatic rings. The normalized spacial score (nSPS) is 11.5. The standard InChI is InChI=1S/C12H16N4OS2/c1-12(2,3)8-6-19-11(15-8)16-9(17)4-7-5-18-10(13)14-7/h5-6H,4H2,1-3H3,(H2,13,14)(H,15,16,17). The van der Waals surface area contributed by atoms with E-state index < -0.39 is 0 Å². The Labute approximate surface area is 119 Å². The zero-order valence-corrected chi connectivity index (χ0v) is 12.7. The molecule has 5 nitrogen and oxygen atoms in total. The fourth-order valence-electron chi connectivity index (χ4n) is 1.41. The van der Waals surface area contributed by atoms with Crippen LogP contribution in [0, 0.1) is 0 Å². The molecule has 3 N–H and O–H groups in total. The fraction of sp³-hybridized carbons (Fsp3) is 0.417. The summed E-state index contributed by atoms with van der Waals surface area (Å²) < 4.78 is 0. The van der Waals surface area contributed by atoms with Crippen molar-refractivity contribution in [3.8, 4) is 0 Å². The number of amides is 1. The van der Waals surface area contributed by atoms with Crippen LogP contribution in [0.15, 0.2) is 10.8 Å². The number of nitrogens with one attached hydrogen (secondary N) is 1. The van der Waals surface area contributed by atoms with Gasteiger partial charge in [0.05, 0.1) is 17.8 Å². The Morgan fingerprint density at radius 2 is 2.05 bits per heavy atom. The first-order valence-electron chi connectivity index (χ1n) is 5.80. The van der Waals surface area contributed by atoms with E-state index in [1.54, 1.807) is 5.38 Å². The molecule has 2 rings (SSSR count). The highest BCUT2D eigenvalue weighted by Gasteiger charge is 2.18. The molecule has 0 fully saturated rings. The van der Waals surface area contributed by atoms with Gasteiger partial charge in [0.25, 0.3) is 0 Å². The summed E-state index contributed by atoms with van der Waals surface area (Å²) in [5.74, 6) is -0.125. The first-order chi connectivity index (χ1) is 8.84. The van der Waals surface area contributed by atoms with Crippen molar-refractivity contribution in [2.75, 3.05) is 11.1 Å². The number of anilines is 2. The molecule has 19 heavy (non-hydrogen) atoms. The van der Waals surface area contributed by atoms with E-state index in [0.29, 0.717) is 16.0 Å². The Morgan fingerprint density at radius 1 is 1.32 bits per heavy atom. The second kappa shape index (κ2) is 5.26. The number of nitrogens with zero attached hydrogens (tertiary/aromatic N) is 2. The van der Waals surface area contributed by atoms with Gasteiger partial charge in [-0.2, -0.15) is 0 Å². The molecular weight excluding hydrogens is 280 g/mol. The summed E-state index contributed by atoms with van der Waals surface area (Å²) in [6.45, 7) is 6.27. The lowest BCUT2D eigenvalue weighted by Crippen LogP contribution is -2.16. The average Bonchev–Trinajstić information content (AvgIpc) is 2.87. The summed E-state index contributed by atoms with van der Waals surface area (Å²) in [5, 5.41) is 7.64. The number of thiazole rings is 2. The maximum atomic E-state index is 11.8. The van der Waals surface area contributed by atoms with Gasteiger partial charge in [0.2, 0.25) is 5.91 Å². The number of hydrogen-bond acceptors (Lipinski definition) is 6. The Balaban J connectivity index is 1.97. The van der Waals surface area contributed by atoms with Crippen molar-refractivity contribution in [3.63, 3.8) is 0 Å². The van der Waals surface area contributed by atoms with Crippen LogP contribution in [0.25, 0.3) is 0 Å². The van der Waals surface area contributed by atoms with Gasteiger partial charge in [-0.3, -0.25) is 4.79 Å². The van der Waals surface area contributed by atoms with E-state index in [2.05, 4.69) is 36.1 Å². The van der Waals surface area contributed by atoms with Gasteiger partial charge in [-0.1, -0.05) is 20.8 Å². The average molecular weight is 296 g/mol. The van der Waals surface area contributed by atoms with Crippen molar-refractivity contribution in [1.82, 2.24) is 9.97 Å². The summed E-state index contributed by atoms with van der Waals surface area (Å²) in [6, 6.07) is 0. The van der Waals surface area contributed by atoms with Crippen molar-refractivity contribution >= 4 is 38.8 Å². The van der Waals surface area contributed by atoms with Gasteiger partial charge in [-0.05, 0) is 0 Å². The van der Waals surface area contributed by atoms with Crippen LogP contribution < -0.4 is 11.1 Å². The Hall–Kier alpha value is -1.47. The molecule has 2 heterocycles. The zero-order valence-electron chi connectivity index (χ0n) is 11.1. The first-order valence-corrected chi connectivity index (χ1v) is 7.56. The molecule has 0 atom stereocenters. The van der Waals surface area contributed by atoms with Crippen LogP contribution in [-0.2, 0) is 16.6 Å². The van der Waals surface area contributed by atoms with Gasteiger partial charge >= 0.3 is 0 Å². The molecule has 0 radical (unpaired) electrons. The molecule has 0 saturated heterocycles. The van der Waals surface area contributed by atoms with Crippen molar-refractivity contribution < 1.29 is 4.79 Å². The first kappa shape index (κ1) is 14.0. The highest BCUT2D eigenvalue weighted by atomic mass is 32.1. The summed E-state index contributed by atoms with van der Waals surface area (Å²) in [4.78, 5) is 20.3. The molecule has 0 unspecified atom stereocenters. The highest BCUT2D eigenvalue weighted by Crippen LogP contribution is 2.26. The topological polar surface area (TPSA) is 80.9 Å². The van der Waals surface area contributed by atoms with E-state index in [4.69, 9.17) is 5.73 Å². The number of carbonyl (C=O) groups excluding carboxylic acids is 1. The third-order valence-corrected chi connectivity index (χ3v) is 3.91. The molecule has 7 heteroatoms. The molecule has 0 bridgehead atoms. The molecule has 0 spiro atoms. The van der Waals surface area contributed by atoms with Crippen LogP contribution >= 0.6 is 22.7 Å². The monoisotopic (exact) mass is 296 g/mol. The van der Waals surface area contributed by atoms with Crippen LogP contribution in [0.3, 0.4) is 0 Å². The van der Waals surface area contributed by atoms with Crippen LogP contribution in [-0.4, -0.2) is 15.9 Å². The lowest BCUT2D eigenvalue weighted by Gasteiger charge is -2.14. The van der Waals surface area contributed by atoms with Crippen molar-refractivity contribution in [2.24, 2.45) is 0 Å². The van der Waals surface area contributed by atoms with Gasteiger partial charge in [-0.25, -0.2) is 9.97 Å². The molecule has 102 valence electrons. The van der Waals surface area contributed by atoms with Crippen LogP contribution in [0.1, 0.15) is 32.2 Å². The molecule has 1 amide bonds. The molecule has 0 saturated carbocycles. The fourth-order valence-corrected chi connectivity index (χ4v) is 2.92. The minimum atomic E-state index is -0.125. The van der Waals surface area contributed by atoms with E-state index in [-0.39, 0.29) is 17.7 Å². The smallest absolute Gasteiger partial charge is 0.232 e. The highest BCUT2D eigenvalue weighted by molar-refractivity contribution is 7.14. The summed E-state index contributed by atoms with van der Waals surface area (Å²) in [7, 11) is 0. The van der Waals surface area contributed by atoms with E-state index in [0.717, 1.165) is 5.69 Å². The van der Waals surface area contributed by atoms with Crippen molar-refractivity contribution in [3.05, 3.63) is 22.1 Å². The number of hydrogen-bond donors (Lipinski definition) is 2. The maximum Gasteiger partial charge on any atom is 0.232 e. The van der Waals surface area contributed by atoms with Gasteiger partial charge in [0, 0.05) is 16.2 Å².